The molecule has 0 spiro atoms. The number of furan rings is 1. The van der Waals surface area contributed by atoms with Gasteiger partial charge in [-0.3, -0.25) is 4.90 Å². The Hall–Kier alpha value is -1.17. The Balaban J connectivity index is 1.67. The lowest BCUT2D eigenvalue weighted by Gasteiger charge is -2.34. The second-order valence-corrected chi connectivity index (χ2v) is 6.45. The molecule has 114 valence electrons. The van der Waals surface area contributed by atoms with Gasteiger partial charge >= 0.3 is 0 Å². The van der Waals surface area contributed by atoms with Gasteiger partial charge in [0.05, 0.1) is 12.0 Å². The van der Waals surface area contributed by atoms with Crippen molar-refractivity contribution >= 4 is 11.3 Å². The third kappa shape index (κ3) is 3.73. The van der Waals surface area contributed by atoms with Crippen LogP contribution in [-0.4, -0.2) is 35.6 Å². The highest BCUT2D eigenvalue weighted by Crippen LogP contribution is 2.25. The van der Waals surface area contributed by atoms with E-state index in [0.29, 0.717) is 6.04 Å². The minimum Gasteiger partial charge on any atom is -0.462 e. The van der Waals surface area contributed by atoms with Gasteiger partial charge in [-0.05, 0) is 44.5 Å². The van der Waals surface area contributed by atoms with E-state index in [1.165, 1.54) is 19.3 Å². The summed E-state index contributed by atoms with van der Waals surface area (Å²) in [5.74, 6) is 0.868. The number of thiazole rings is 1. The number of hydrogen-bond donors (Lipinski definition) is 1. The largest absolute Gasteiger partial charge is 0.462 e. The van der Waals surface area contributed by atoms with E-state index in [1.54, 1.807) is 17.6 Å². The van der Waals surface area contributed by atoms with Crippen molar-refractivity contribution in [2.75, 3.05) is 19.6 Å². The number of aromatic nitrogens is 1. The highest BCUT2D eigenvalue weighted by molar-refractivity contribution is 7.13. The SMILES string of the molecule is CCCN(Cc1csc(-c2ccco2)n1)C1CCCNC1. The zero-order chi connectivity index (χ0) is 14.5. The molecule has 4 nitrogen and oxygen atoms in total. The molecule has 1 aliphatic rings. The molecular formula is C16H23N3OS. The zero-order valence-corrected chi connectivity index (χ0v) is 13.4. The average Bonchev–Trinajstić information content (AvgIpc) is 3.19. The van der Waals surface area contributed by atoms with Crippen molar-refractivity contribution in [3.8, 4) is 10.8 Å². The molecule has 2 aromatic heterocycles. The second-order valence-electron chi connectivity index (χ2n) is 5.59. The molecule has 0 aliphatic carbocycles. The van der Waals surface area contributed by atoms with Gasteiger partial charge < -0.3 is 9.73 Å². The third-order valence-electron chi connectivity index (χ3n) is 3.95. The summed E-state index contributed by atoms with van der Waals surface area (Å²) in [5.41, 5.74) is 1.16. The summed E-state index contributed by atoms with van der Waals surface area (Å²) in [6, 6.07) is 4.53. The van der Waals surface area contributed by atoms with Crippen LogP contribution in [0.1, 0.15) is 31.9 Å². The van der Waals surface area contributed by atoms with Crippen LogP contribution in [0.25, 0.3) is 10.8 Å². The molecule has 0 radical (unpaired) electrons. The lowest BCUT2D eigenvalue weighted by molar-refractivity contribution is 0.156. The molecule has 3 heterocycles. The number of nitrogens with zero attached hydrogens (tertiary/aromatic N) is 2. The van der Waals surface area contributed by atoms with Gasteiger partial charge in [-0.1, -0.05) is 6.92 Å². The van der Waals surface area contributed by atoms with Crippen molar-refractivity contribution in [3.63, 3.8) is 0 Å². The van der Waals surface area contributed by atoms with E-state index in [1.807, 2.05) is 12.1 Å². The molecule has 5 heteroatoms. The first kappa shape index (κ1) is 14.8. The van der Waals surface area contributed by atoms with Crippen LogP contribution in [-0.2, 0) is 6.54 Å². The summed E-state index contributed by atoms with van der Waals surface area (Å²) >= 11 is 1.67. The molecule has 1 atom stereocenters. The lowest BCUT2D eigenvalue weighted by Crippen LogP contribution is -2.45. The Morgan fingerprint density at radius 2 is 2.48 bits per heavy atom. The molecule has 0 bridgehead atoms. The Bertz CT molecular complexity index is 531. The summed E-state index contributed by atoms with van der Waals surface area (Å²) in [5, 5.41) is 6.66. The molecule has 3 rings (SSSR count). The van der Waals surface area contributed by atoms with Crippen LogP contribution < -0.4 is 5.32 Å². The molecule has 1 unspecified atom stereocenters. The molecule has 1 fully saturated rings. The normalized spacial score (nSPS) is 19.2. The van der Waals surface area contributed by atoms with Crippen molar-refractivity contribution < 1.29 is 4.42 Å². The van der Waals surface area contributed by atoms with Crippen molar-refractivity contribution in [1.82, 2.24) is 15.2 Å². The fourth-order valence-corrected chi connectivity index (χ4v) is 3.70. The number of piperidine rings is 1. The molecular weight excluding hydrogens is 282 g/mol. The van der Waals surface area contributed by atoms with Gasteiger partial charge in [0.1, 0.15) is 0 Å². The van der Waals surface area contributed by atoms with Crippen LogP contribution in [0.5, 0.6) is 0 Å². The van der Waals surface area contributed by atoms with E-state index in [4.69, 9.17) is 9.40 Å². The summed E-state index contributed by atoms with van der Waals surface area (Å²) in [6.45, 7) is 6.60. The summed E-state index contributed by atoms with van der Waals surface area (Å²) < 4.78 is 5.43. The molecule has 1 aliphatic heterocycles. The van der Waals surface area contributed by atoms with Crippen molar-refractivity contribution in [3.05, 3.63) is 29.5 Å². The Kier molecular flexibility index (Phi) is 5.06. The van der Waals surface area contributed by atoms with Crippen molar-refractivity contribution in [1.29, 1.82) is 0 Å². The minimum absolute atomic E-state index is 0.646. The first-order valence-corrected chi connectivity index (χ1v) is 8.68. The summed E-state index contributed by atoms with van der Waals surface area (Å²) in [4.78, 5) is 7.31. The van der Waals surface area contributed by atoms with Gasteiger partial charge in [0.2, 0.25) is 0 Å². The van der Waals surface area contributed by atoms with E-state index >= 15 is 0 Å². The first-order chi connectivity index (χ1) is 10.4. The van der Waals surface area contributed by atoms with Crippen LogP contribution in [0.2, 0.25) is 0 Å². The molecule has 0 aromatic carbocycles. The fourth-order valence-electron chi connectivity index (χ4n) is 2.92. The van der Waals surface area contributed by atoms with Crippen LogP contribution in [0.15, 0.2) is 28.2 Å². The Morgan fingerprint density at radius 1 is 1.52 bits per heavy atom. The van der Waals surface area contributed by atoms with Gasteiger partial charge in [0.25, 0.3) is 0 Å². The van der Waals surface area contributed by atoms with Gasteiger partial charge in [0.15, 0.2) is 10.8 Å². The monoisotopic (exact) mass is 305 g/mol. The summed E-state index contributed by atoms with van der Waals surface area (Å²) in [6.07, 6.45) is 5.46. The molecule has 21 heavy (non-hydrogen) atoms. The predicted octanol–water partition coefficient (Wildman–Crippen LogP) is 3.37. The van der Waals surface area contributed by atoms with Gasteiger partial charge in [-0.25, -0.2) is 4.98 Å². The van der Waals surface area contributed by atoms with Gasteiger partial charge in [-0.2, -0.15) is 0 Å². The van der Waals surface area contributed by atoms with E-state index in [2.05, 4.69) is 22.5 Å². The highest BCUT2D eigenvalue weighted by Gasteiger charge is 2.21. The van der Waals surface area contributed by atoms with E-state index < -0.39 is 0 Å². The maximum absolute atomic E-state index is 5.43. The molecule has 1 saturated heterocycles. The topological polar surface area (TPSA) is 41.3 Å². The van der Waals surface area contributed by atoms with Gasteiger partial charge in [0, 0.05) is 24.5 Å². The predicted molar refractivity (Wildman–Crippen MR) is 86.4 cm³/mol. The molecule has 1 N–H and O–H groups in total. The Morgan fingerprint density at radius 3 is 3.19 bits per heavy atom. The maximum atomic E-state index is 5.43. The Labute approximate surface area is 130 Å². The van der Waals surface area contributed by atoms with Crippen molar-refractivity contribution in [2.24, 2.45) is 0 Å². The van der Waals surface area contributed by atoms with E-state index in [-0.39, 0.29) is 0 Å². The van der Waals surface area contributed by atoms with Crippen LogP contribution >= 0.6 is 11.3 Å². The quantitative estimate of drug-likeness (QED) is 0.888. The smallest absolute Gasteiger partial charge is 0.162 e. The first-order valence-electron chi connectivity index (χ1n) is 7.80. The minimum atomic E-state index is 0.646. The molecule has 2 aromatic rings. The standard InChI is InChI=1S/C16H23N3OS/c1-2-8-19(14-5-3-7-17-10-14)11-13-12-21-16(18-13)15-6-4-9-20-15/h4,6,9,12,14,17H,2-3,5,7-8,10-11H2,1H3. The van der Waals surface area contributed by atoms with Crippen molar-refractivity contribution in [2.45, 2.75) is 38.8 Å². The zero-order valence-electron chi connectivity index (χ0n) is 12.5. The number of hydrogen-bond acceptors (Lipinski definition) is 5. The number of nitrogens with one attached hydrogen (secondary N) is 1. The van der Waals surface area contributed by atoms with E-state index in [9.17, 15) is 0 Å². The van der Waals surface area contributed by atoms with Crippen LogP contribution in [0.3, 0.4) is 0 Å². The average molecular weight is 305 g/mol. The third-order valence-corrected chi connectivity index (χ3v) is 4.85. The summed E-state index contributed by atoms with van der Waals surface area (Å²) in [7, 11) is 0. The van der Waals surface area contributed by atoms with Crippen LogP contribution in [0.4, 0.5) is 0 Å². The maximum Gasteiger partial charge on any atom is 0.162 e. The number of rotatable bonds is 6. The van der Waals surface area contributed by atoms with Crippen LogP contribution in [0, 0.1) is 0 Å². The fraction of sp³-hybridized carbons (Fsp3) is 0.562. The van der Waals surface area contributed by atoms with E-state index in [0.717, 1.165) is 42.6 Å². The lowest BCUT2D eigenvalue weighted by atomic mass is 10.1. The molecule has 0 saturated carbocycles. The highest BCUT2D eigenvalue weighted by atomic mass is 32.1. The second kappa shape index (κ2) is 7.20. The van der Waals surface area contributed by atoms with Gasteiger partial charge in [-0.15, -0.1) is 11.3 Å². The molecule has 0 amide bonds.